The van der Waals surface area contributed by atoms with Crippen LogP contribution in [-0.2, 0) is 9.53 Å². The number of rotatable bonds is 5. The van der Waals surface area contributed by atoms with Crippen molar-refractivity contribution in [3.8, 4) is 6.19 Å². The highest BCUT2D eigenvalue weighted by atomic mass is 16.5. The molecule has 0 aliphatic rings. The average Bonchev–Trinajstić information content (AvgIpc) is 2.11. The lowest BCUT2D eigenvalue weighted by atomic mass is 10.3. The Kier molecular flexibility index (Phi) is 5.80. The number of hydrogen-bond acceptors (Lipinski definition) is 4. The number of nitriles is 1. The van der Waals surface area contributed by atoms with Crippen molar-refractivity contribution < 1.29 is 9.53 Å². The van der Waals surface area contributed by atoms with E-state index in [1.165, 1.54) is 12.0 Å². The molecule has 4 nitrogen and oxygen atoms in total. The van der Waals surface area contributed by atoms with Gasteiger partial charge in [0, 0.05) is 6.54 Å². The highest BCUT2D eigenvalue weighted by molar-refractivity contribution is 5.71. The Balaban J connectivity index is 3.69. The molecule has 0 N–H and O–H groups in total. The molecule has 0 spiro atoms. The first-order valence-corrected chi connectivity index (χ1v) is 3.96. The highest BCUT2D eigenvalue weighted by Crippen LogP contribution is 1.93. The van der Waals surface area contributed by atoms with Crippen molar-refractivity contribution >= 4 is 5.97 Å². The minimum Gasteiger partial charge on any atom is -0.468 e. The van der Waals surface area contributed by atoms with E-state index in [4.69, 9.17) is 5.26 Å². The fraction of sp³-hybridized carbons (Fsp3) is 0.750. The van der Waals surface area contributed by atoms with Crippen LogP contribution in [0.2, 0.25) is 0 Å². The maximum atomic E-state index is 10.7. The van der Waals surface area contributed by atoms with Gasteiger partial charge in [-0.15, -0.1) is 0 Å². The molecule has 12 heavy (non-hydrogen) atoms. The Labute approximate surface area is 72.7 Å². The van der Waals surface area contributed by atoms with Gasteiger partial charge in [0.2, 0.25) is 0 Å². The van der Waals surface area contributed by atoms with Gasteiger partial charge in [0.1, 0.15) is 6.54 Å². The number of hydrogen-bond donors (Lipinski definition) is 0. The third-order valence-corrected chi connectivity index (χ3v) is 1.47. The second kappa shape index (κ2) is 6.47. The average molecular weight is 170 g/mol. The molecule has 0 fully saturated rings. The standard InChI is InChI=1S/C8H14N2O2/c1-3-4-5-10(7-9)6-8(11)12-2/h3-6H2,1-2H3. The Morgan fingerprint density at radius 1 is 1.67 bits per heavy atom. The van der Waals surface area contributed by atoms with Gasteiger partial charge in [0.15, 0.2) is 6.19 Å². The number of carbonyl (C=O) groups excluding carboxylic acids is 1. The molecule has 0 aliphatic heterocycles. The predicted octanol–water partition coefficient (Wildman–Crippen LogP) is 0.743. The lowest BCUT2D eigenvalue weighted by Gasteiger charge is -2.12. The summed E-state index contributed by atoms with van der Waals surface area (Å²) in [6.07, 6.45) is 3.87. The third kappa shape index (κ3) is 4.56. The number of methoxy groups -OCH3 is 1. The molecule has 0 atom stereocenters. The smallest absolute Gasteiger partial charge is 0.326 e. The topological polar surface area (TPSA) is 53.3 Å². The molecule has 68 valence electrons. The summed E-state index contributed by atoms with van der Waals surface area (Å²) in [7, 11) is 1.32. The molecular formula is C8H14N2O2. The summed E-state index contributed by atoms with van der Waals surface area (Å²) in [5.74, 6) is -0.368. The second-order valence-corrected chi connectivity index (χ2v) is 2.45. The Hall–Kier alpha value is -1.24. The van der Waals surface area contributed by atoms with Crippen molar-refractivity contribution in [3.63, 3.8) is 0 Å². The number of ether oxygens (including phenoxy) is 1. The van der Waals surface area contributed by atoms with Crippen LogP contribution in [0.4, 0.5) is 0 Å². The van der Waals surface area contributed by atoms with E-state index in [2.05, 4.69) is 4.74 Å². The summed E-state index contributed by atoms with van der Waals surface area (Å²) in [4.78, 5) is 12.1. The van der Waals surface area contributed by atoms with Crippen molar-refractivity contribution in [2.45, 2.75) is 19.8 Å². The van der Waals surface area contributed by atoms with Crippen LogP contribution in [0.5, 0.6) is 0 Å². The maximum Gasteiger partial charge on any atom is 0.326 e. The fourth-order valence-electron chi connectivity index (χ4n) is 0.734. The zero-order valence-electron chi connectivity index (χ0n) is 7.54. The summed E-state index contributed by atoms with van der Waals surface area (Å²) in [6, 6.07) is 0. The minimum atomic E-state index is -0.368. The summed E-state index contributed by atoms with van der Waals surface area (Å²) >= 11 is 0. The van der Waals surface area contributed by atoms with Crippen LogP contribution >= 0.6 is 0 Å². The summed E-state index contributed by atoms with van der Waals surface area (Å²) in [6.45, 7) is 2.72. The molecule has 0 bridgehead atoms. The van der Waals surface area contributed by atoms with Crippen LogP contribution in [0, 0.1) is 11.5 Å². The van der Waals surface area contributed by atoms with Gasteiger partial charge in [-0.1, -0.05) is 13.3 Å². The van der Waals surface area contributed by atoms with E-state index in [1.807, 2.05) is 13.1 Å². The van der Waals surface area contributed by atoms with Crippen molar-refractivity contribution in [3.05, 3.63) is 0 Å². The van der Waals surface area contributed by atoms with E-state index >= 15 is 0 Å². The van der Waals surface area contributed by atoms with Crippen molar-refractivity contribution in [2.24, 2.45) is 0 Å². The zero-order chi connectivity index (χ0) is 9.40. The van der Waals surface area contributed by atoms with E-state index < -0.39 is 0 Å². The molecule has 0 amide bonds. The van der Waals surface area contributed by atoms with Gasteiger partial charge in [-0.25, -0.2) is 0 Å². The molecule has 0 aromatic rings. The molecule has 0 aromatic carbocycles. The third-order valence-electron chi connectivity index (χ3n) is 1.47. The predicted molar refractivity (Wildman–Crippen MR) is 44.1 cm³/mol. The fourth-order valence-corrected chi connectivity index (χ4v) is 0.734. The molecule has 0 heterocycles. The van der Waals surface area contributed by atoms with Crippen LogP contribution in [-0.4, -0.2) is 31.1 Å². The molecule has 0 rings (SSSR count). The van der Waals surface area contributed by atoms with Crippen LogP contribution in [0.1, 0.15) is 19.8 Å². The zero-order valence-corrected chi connectivity index (χ0v) is 7.54. The van der Waals surface area contributed by atoms with E-state index in [0.29, 0.717) is 6.54 Å². The van der Waals surface area contributed by atoms with Gasteiger partial charge in [-0.05, 0) is 6.42 Å². The van der Waals surface area contributed by atoms with E-state index in [9.17, 15) is 4.79 Å². The van der Waals surface area contributed by atoms with Crippen LogP contribution in [0.3, 0.4) is 0 Å². The number of unbranched alkanes of at least 4 members (excludes halogenated alkanes) is 1. The SMILES string of the molecule is CCCCN(C#N)CC(=O)OC. The molecule has 0 saturated heterocycles. The summed E-state index contributed by atoms with van der Waals surface area (Å²) in [5.41, 5.74) is 0. The number of carbonyl (C=O) groups is 1. The van der Waals surface area contributed by atoms with E-state index in [1.54, 1.807) is 0 Å². The normalized spacial score (nSPS) is 8.75. The Morgan fingerprint density at radius 3 is 2.75 bits per heavy atom. The van der Waals surface area contributed by atoms with Gasteiger partial charge in [0.25, 0.3) is 0 Å². The van der Waals surface area contributed by atoms with Crippen molar-refractivity contribution in [1.82, 2.24) is 4.90 Å². The van der Waals surface area contributed by atoms with Crippen molar-refractivity contribution in [1.29, 1.82) is 5.26 Å². The summed E-state index contributed by atoms with van der Waals surface area (Å²) < 4.78 is 4.43. The Bertz CT molecular complexity index is 174. The van der Waals surface area contributed by atoms with Gasteiger partial charge >= 0.3 is 5.97 Å². The molecule has 0 unspecified atom stereocenters. The van der Waals surface area contributed by atoms with Crippen LogP contribution in [0.15, 0.2) is 0 Å². The lowest BCUT2D eigenvalue weighted by Crippen LogP contribution is -2.27. The van der Waals surface area contributed by atoms with Gasteiger partial charge < -0.3 is 4.74 Å². The van der Waals surface area contributed by atoms with Crippen LogP contribution in [0.25, 0.3) is 0 Å². The van der Waals surface area contributed by atoms with Crippen LogP contribution < -0.4 is 0 Å². The molecule has 0 saturated carbocycles. The molecule has 0 radical (unpaired) electrons. The maximum absolute atomic E-state index is 10.7. The molecule has 4 heteroatoms. The minimum absolute atomic E-state index is 0.0625. The molecule has 0 aromatic heterocycles. The lowest BCUT2D eigenvalue weighted by molar-refractivity contribution is -0.141. The first kappa shape index (κ1) is 10.8. The molecular weight excluding hydrogens is 156 g/mol. The highest BCUT2D eigenvalue weighted by Gasteiger charge is 2.07. The van der Waals surface area contributed by atoms with Crippen molar-refractivity contribution in [2.75, 3.05) is 20.2 Å². The largest absolute Gasteiger partial charge is 0.468 e. The quantitative estimate of drug-likeness (QED) is 0.347. The number of esters is 1. The van der Waals surface area contributed by atoms with Gasteiger partial charge in [-0.2, -0.15) is 5.26 Å². The summed E-state index contributed by atoms with van der Waals surface area (Å²) in [5, 5.41) is 8.57. The first-order chi connectivity index (χ1) is 5.74. The Morgan fingerprint density at radius 2 is 2.33 bits per heavy atom. The van der Waals surface area contributed by atoms with E-state index in [-0.39, 0.29) is 12.5 Å². The number of nitrogens with zero attached hydrogens (tertiary/aromatic N) is 2. The van der Waals surface area contributed by atoms with Gasteiger partial charge in [0.05, 0.1) is 7.11 Å². The monoisotopic (exact) mass is 170 g/mol. The molecule has 0 aliphatic carbocycles. The first-order valence-electron chi connectivity index (χ1n) is 3.96. The van der Waals surface area contributed by atoms with Gasteiger partial charge in [-0.3, -0.25) is 9.69 Å². The second-order valence-electron chi connectivity index (χ2n) is 2.45. The van der Waals surface area contributed by atoms with E-state index in [0.717, 1.165) is 12.8 Å².